The molecule has 1 saturated carbocycles. The van der Waals surface area contributed by atoms with E-state index in [1.54, 1.807) is 12.1 Å². The molecule has 6 rings (SSSR count). The van der Waals surface area contributed by atoms with E-state index in [0.717, 1.165) is 56.0 Å². The molecule has 4 aliphatic rings. The predicted octanol–water partition coefficient (Wildman–Crippen LogP) is 3.65. The fourth-order valence-electron chi connectivity index (χ4n) is 6.24. The summed E-state index contributed by atoms with van der Waals surface area (Å²) >= 11 is 0. The molecule has 2 aromatic rings. The Morgan fingerprint density at radius 3 is 2.51 bits per heavy atom. The van der Waals surface area contributed by atoms with Gasteiger partial charge >= 0.3 is 6.18 Å². The average molecular weight is 543 g/mol. The van der Waals surface area contributed by atoms with Crippen molar-refractivity contribution in [2.75, 3.05) is 13.1 Å². The van der Waals surface area contributed by atoms with Crippen LogP contribution in [0.4, 0.5) is 13.2 Å². The molecular formula is C28H29F3N4O4. The quantitative estimate of drug-likeness (QED) is 0.580. The number of hydrogen-bond acceptors (Lipinski definition) is 6. The number of rotatable bonds is 5. The number of pyridine rings is 1. The molecule has 4 heterocycles. The van der Waals surface area contributed by atoms with Gasteiger partial charge in [-0.1, -0.05) is 12.5 Å². The summed E-state index contributed by atoms with van der Waals surface area (Å²) in [4.78, 5) is 44.3. The number of nitrogens with zero attached hydrogens (tertiary/aromatic N) is 3. The summed E-state index contributed by atoms with van der Waals surface area (Å²) in [5.41, 5.74) is 1.28. The van der Waals surface area contributed by atoms with Crippen LogP contribution in [0.1, 0.15) is 71.6 Å². The third-order valence-electron chi connectivity index (χ3n) is 8.38. The van der Waals surface area contributed by atoms with E-state index in [2.05, 4.69) is 15.2 Å². The number of fused-ring (bicyclic) bond motifs is 1. The van der Waals surface area contributed by atoms with Crippen LogP contribution in [0.5, 0.6) is 5.75 Å². The first kappa shape index (κ1) is 25.8. The first-order valence-corrected chi connectivity index (χ1v) is 13.4. The van der Waals surface area contributed by atoms with Crippen LogP contribution in [0.2, 0.25) is 0 Å². The van der Waals surface area contributed by atoms with Gasteiger partial charge in [-0.2, -0.15) is 13.2 Å². The number of hydrogen-bond donors (Lipinski definition) is 1. The van der Waals surface area contributed by atoms with E-state index >= 15 is 0 Å². The van der Waals surface area contributed by atoms with E-state index in [1.807, 2.05) is 6.07 Å². The van der Waals surface area contributed by atoms with Crippen LogP contribution >= 0.6 is 0 Å². The first-order valence-electron chi connectivity index (χ1n) is 13.4. The highest BCUT2D eigenvalue weighted by atomic mass is 19.4. The lowest BCUT2D eigenvalue weighted by Crippen LogP contribution is -2.57. The maximum atomic E-state index is 13.0. The number of benzene rings is 1. The standard InChI is InChI=1S/C28H29F3N4O4/c29-28(30,31)24-9-5-16(12-32-24)18-13-34(14-18)21-3-1-2-4-23(21)39-19-6-7-20-17(11-19)15-35(27(20)38)22-8-10-25(36)33-26(22)37/h5-7,9,11-12,18,21-23H,1-4,8,10,13-15H2,(H,33,36,37)/t21-,22+,23-/m0/s1. The number of carbonyl (C=O) groups is 3. The van der Waals surface area contributed by atoms with Gasteiger partial charge in [0, 0.05) is 49.8 Å². The Balaban J connectivity index is 1.09. The number of ether oxygens (including phenoxy) is 1. The van der Waals surface area contributed by atoms with Gasteiger partial charge in [-0.25, -0.2) is 0 Å². The molecule has 3 fully saturated rings. The monoisotopic (exact) mass is 542 g/mol. The molecule has 1 aromatic carbocycles. The summed E-state index contributed by atoms with van der Waals surface area (Å²) in [6.45, 7) is 1.79. The number of carbonyl (C=O) groups excluding carboxylic acids is 3. The summed E-state index contributed by atoms with van der Waals surface area (Å²) in [7, 11) is 0. The van der Waals surface area contributed by atoms with Crippen LogP contribution in [0.15, 0.2) is 36.5 Å². The smallest absolute Gasteiger partial charge is 0.433 e. The van der Waals surface area contributed by atoms with Crippen LogP contribution in [0.3, 0.4) is 0 Å². The molecule has 206 valence electrons. The SMILES string of the molecule is O=C1CC[C@@H](N2Cc3cc(O[C@H]4CCCC[C@@H]4N4CC(c5ccc(C(F)(F)F)nc5)C4)ccc3C2=O)C(=O)N1. The van der Waals surface area contributed by atoms with E-state index < -0.39 is 23.8 Å². The van der Waals surface area contributed by atoms with Crippen LogP contribution in [0.25, 0.3) is 0 Å². The van der Waals surface area contributed by atoms with Crippen LogP contribution < -0.4 is 10.1 Å². The molecule has 0 unspecified atom stereocenters. The Morgan fingerprint density at radius 1 is 1.00 bits per heavy atom. The molecule has 0 bridgehead atoms. The molecule has 11 heteroatoms. The summed E-state index contributed by atoms with van der Waals surface area (Å²) in [6, 6.07) is 7.52. The number of alkyl halides is 3. The van der Waals surface area contributed by atoms with Gasteiger partial charge < -0.3 is 9.64 Å². The summed E-state index contributed by atoms with van der Waals surface area (Å²) in [5.74, 6) is -0.151. The van der Waals surface area contributed by atoms with Gasteiger partial charge in [0.2, 0.25) is 11.8 Å². The summed E-state index contributed by atoms with van der Waals surface area (Å²) < 4.78 is 45.0. The summed E-state index contributed by atoms with van der Waals surface area (Å²) in [6.07, 6.45) is 1.40. The van der Waals surface area contributed by atoms with E-state index in [0.29, 0.717) is 24.3 Å². The first-order chi connectivity index (χ1) is 18.7. The van der Waals surface area contributed by atoms with Gasteiger partial charge in [-0.05, 0) is 61.1 Å². The molecule has 1 N–H and O–H groups in total. The Kier molecular flexibility index (Phi) is 6.57. The number of amides is 3. The number of likely N-dealkylation sites (tertiary alicyclic amines) is 1. The number of piperidine rings is 1. The zero-order chi connectivity index (χ0) is 27.3. The van der Waals surface area contributed by atoms with Gasteiger partial charge in [0.05, 0.1) is 0 Å². The highest BCUT2D eigenvalue weighted by Crippen LogP contribution is 2.37. The highest BCUT2D eigenvalue weighted by molar-refractivity contribution is 6.05. The summed E-state index contributed by atoms with van der Waals surface area (Å²) in [5, 5.41) is 2.32. The van der Waals surface area contributed by atoms with Crippen molar-refractivity contribution in [3.63, 3.8) is 0 Å². The maximum Gasteiger partial charge on any atom is 0.433 e. The minimum Gasteiger partial charge on any atom is -0.489 e. The Hall–Kier alpha value is -3.47. The number of aromatic nitrogens is 1. The van der Waals surface area contributed by atoms with E-state index in [4.69, 9.17) is 4.74 Å². The largest absolute Gasteiger partial charge is 0.489 e. The van der Waals surface area contributed by atoms with Crippen molar-refractivity contribution in [2.45, 2.75) is 75.4 Å². The molecular weight excluding hydrogens is 513 g/mol. The third-order valence-corrected chi connectivity index (χ3v) is 8.38. The van der Waals surface area contributed by atoms with Crippen LogP contribution in [0, 0.1) is 0 Å². The van der Waals surface area contributed by atoms with Crippen molar-refractivity contribution in [2.24, 2.45) is 0 Å². The molecule has 3 atom stereocenters. The molecule has 3 aliphatic heterocycles. The lowest BCUT2D eigenvalue weighted by molar-refractivity contribution is -0.141. The molecule has 2 saturated heterocycles. The molecule has 1 aromatic heterocycles. The highest BCUT2D eigenvalue weighted by Gasteiger charge is 2.41. The number of halogens is 3. The lowest BCUT2D eigenvalue weighted by Gasteiger charge is -2.48. The fourth-order valence-corrected chi connectivity index (χ4v) is 6.24. The van der Waals surface area contributed by atoms with Crippen molar-refractivity contribution >= 4 is 17.7 Å². The predicted molar refractivity (Wildman–Crippen MR) is 133 cm³/mol. The van der Waals surface area contributed by atoms with Gasteiger partial charge in [-0.3, -0.25) is 29.6 Å². The number of nitrogens with one attached hydrogen (secondary N) is 1. The van der Waals surface area contributed by atoms with Crippen molar-refractivity contribution in [3.8, 4) is 5.75 Å². The zero-order valence-electron chi connectivity index (χ0n) is 21.2. The molecule has 0 spiro atoms. The Morgan fingerprint density at radius 2 is 1.79 bits per heavy atom. The molecule has 1 aliphatic carbocycles. The second kappa shape index (κ2) is 9.93. The van der Waals surface area contributed by atoms with Gasteiger partial charge in [0.1, 0.15) is 23.6 Å². The van der Waals surface area contributed by atoms with Gasteiger partial charge in [0.15, 0.2) is 0 Å². The van der Waals surface area contributed by atoms with Crippen molar-refractivity contribution in [3.05, 3.63) is 58.9 Å². The van der Waals surface area contributed by atoms with Crippen LogP contribution in [-0.4, -0.2) is 63.8 Å². The van der Waals surface area contributed by atoms with Crippen LogP contribution in [-0.2, 0) is 22.3 Å². The van der Waals surface area contributed by atoms with Crippen molar-refractivity contribution in [1.29, 1.82) is 0 Å². The Labute approximate surface area is 223 Å². The van der Waals surface area contributed by atoms with Crippen molar-refractivity contribution in [1.82, 2.24) is 20.1 Å². The maximum absolute atomic E-state index is 13.0. The number of imide groups is 1. The second-order valence-corrected chi connectivity index (χ2v) is 10.9. The average Bonchev–Trinajstić information content (AvgIpc) is 3.19. The minimum atomic E-state index is -4.44. The molecule has 8 nitrogen and oxygen atoms in total. The van der Waals surface area contributed by atoms with E-state index in [-0.39, 0.29) is 36.3 Å². The van der Waals surface area contributed by atoms with E-state index in [9.17, 15) is 27.6 Å². The van der Waals surface area contributed by atoms with Crippen molar-refractivity contribution < 1.29 is 32.3 Å². The minimum absolute atomic E-state index is 0.0353. The third kappa shape index (κ3) is 4.99. The normalized spacial score (nSPS) is 26.3. The van der Waals surface area contributed by atoms with E-state index in [1.165, 1.54) is 17.2 Å². The Bertz CT molecular complexity index is 1290. The second-order valence-electron chi connectivity index (χ2n) is 10.9. The molecule has 3 amide bonds. The molecule has 39 heavy (non-hydrogen) atoms. The lowest BCUT2D eigenvalue weighted by atomic mass is 9.84. The van der Waals surface area contributed by atoms with Gasteiger partial charge in [-0.15, -0.1) is 0 Å². The van der Waals surface area contributed by atoms with Gasteiger partial charge in [0.25, 0.3) is 5.91 Å². The molecule has 0 radical (unpaired) electrons. The topological polar surface area (TPSA) is 91.8 Å². The fraction of sp³-hybridized carbons (Fsp3) is 0.500. The zero-order valence-corrected chi connectivity index (χ0v) is 21.2.